The molecular weight excluding hydrogens is 206 g/mol. The third-order valence-electron chi connectivity index (χ3n) is 1.70. The summed E-state index contributed by atoms with van der Waals surface area (Å²) >= 11 is 0. The number of nitrogens with two attached hydrogens (primary N) is 1. The van der Waals surface area contributed by atoms with Crippen molar-refractivity contribution in [3.8, 4) is 0 Å². The first-order valence-electron chi connectivity index (χ1n) is 4.72. The number of hydrogen-bond donors (Lipinski definition) is 1. The number of halogens is 2. The number of oxazole rings is 1. The highest BCUT2D eigenvalue weighted by atomic mass is 19.3. The summed E-state index contributed by atoms with van der Waals surface area (Å²) in [7, 11) is 0. The smallest absolute Gasteiger partial charge is 0.261 e. The molecule has 1 aromatic heterocycles. The number of alkyl halides is 2. The van der Waals surface area contributed by atoms with E-state index in [1.807, 2.05) is 0 Å². The number of nitrogens with zero attached hydrogens (tertiary/aromatic N) is 1. The monoisotopic (exact) mass is 220 g/mol. The van der Waals surface area contributed by atoms with E-state index in [0.29, 0.717) is 31.0 Å². The zero-order valence-corrected chi connectivity index (χ0v) is 8.29. The molecule has 0 saturated carbocycles. The van der Waals surface area contributed by atoms with Crippen molar-refractivity contribution in [1.82, 2.24) is 4.98 Å². The lowest BCUT2D eigenvalue weighted by molar-refractivity contribution is 0.0176. The predicted octanol–water partition coefficient (Wildman–Crippen LogP) is 1.000. The fourth-order valence-electron chi connectivity index (χ4n) is 1.05. The van der Waals surface area contributed by atoms with Crippen molar-refractivity contribution in [3.63, 3.8) is 0 Å². The van der Waals surface area contributed by atoms with Gasteiger partial charge in [-0.15, -0.1) is 0 Å². The van der Waals surface area contributed by atoms with Gasteiger partial charge in [-0.3, -0.25) is 0 Å². The average molecular weight is 220 g/mol. The minimum Gasteiger partial charge on any atom is -0.446 e. The van der Waals surface area contributed by atoms with Crippen LogP contribution in [0.5, 0.6) is 0 Å². The quantitative estimate of drug-likeness (QED) is 0.696. The lowest BCUT2D eigenvalue weighted by Crippen LogP contribution is -2.06. The van der Waals surface area contributed by atoms with Gasteiger partial charge in [0.05, 0.1) is 12.8 Å². The van der Waals surface area contributed by atoms with E-state index < -0.39 is 13.0 Å². The number of rotatable bonds is 7. The molecule has 0 aromatic carbocycles. The van der Waals surface area contributed by atoms with Crippen LogP contribution in [-0.4, -0.2) is 31.2 Å². The summed E-state index contributed by atoms with van der Waals surface area (Å²) < 4.78 is 33.4. The fourth-order valence-corrected chi connectivity index (χ4v) is 1.05. The second-order valence-corrected chi connectivity index (χ2v) is 2.97. The Morgan fingerprint density at radius 3 is 2.93 bits per heavy atom. The van der Waals surface area contributed by atoms with E-state index in [4.69, 9.17) is 14.9 Å². The molecular formula is C9H14F2N2O2. The van der Waals surface area contributed by atoms with Crippen molar-refractivity contribution >= 4 is 0 Å². The minimum absolute atomic E-state index is 0.210. The predicted molar refractivity (Wildman–Crippen MR) is 49.8 cm³/mol. The third kappa shape index (κ3) is 4.85. The van der Waals surface area contributed by atoms with Gasteiger partial charge in [-0.1, -0.05) is 0 Å². The fraction of sp³-hybridized carbons (Fsp3) is 0.667. The molecule has 0 bridgehead atoms. The van der Waals surface area contributed by atoms with Gasteiger partial charge in [-0.2, -0.15) is 0 Å². The molecule has 0 fully saturated rings. The van der Waals surface area contributed by atoms with Crippen LogP contribution in [0.25, 0.3) is 0 Å². The van der Waals surface area contributed by atoms with Crippen molar-refractivity contribution in [2.75, 3.05) is 19.8 Å². The Balaban J connectivity index is 2.19. The van der Waals surface area contributed by atoms with Gasteiger partial charge in [-0.25, -0.2) is 13.8 Å². The molecule has 0 aliphatic rings. The molecule has 0 amide bonds. The van der Waals surface area contributed by atoms with Gasteiger partial charge in [-0.05, 0) is 0 Å². The Kier molecular flexibility index (Phi) is 5.20. The molecule has 2 N–H and O–H groups in total. The van der Waals surface area contributed by atoms with Crippen molar-refractivity contribution in [1.29, 1.82) is 0 Å². The molecule has 0 spiro atoms. The van der Waals surface area contributed by atoms with E-state index in [2.05, 4.69) is 4.98 Å². The molecule has 86 valence electrons. The van der Waals surface area contributed by atoms with Crippen LogP contribution in [0, 0.1) is 0 Å². The SMILES string of the molecule is NCCc1ncc(CCOCC(F)F)o1. The van der Waals surface area contributed by atoms with Crippen LogP contribution >= 0.6 is 0 Å². The van der Waals surface area contributed by atoms with Crippen LogP contribution < -0.4 is 5.73 Å². The summed E-state index contributed by atoms with van der Waals surface area (Å²) in [5, 5.41) is 0. The standard InChI is InChI=1S/C9H14F2N2O2/c10-8(11)6-14-4-2-7-5-13-9(15-7)1-3-12/h5,8H,1-4,6,12H2. The van der Waals surface area contributed by atoms with Crippen molar-refractivity contribution in [2.24, 2.45) is 5.73 Å². The van der Waals surface area contributed by atoms with E-state index >= 15 is 0 Å². The molecule has 4 nitrogen and oxygen atoms in total. The van der Waals surface area contributed by atoms with Crippen LogP contribution in [-0.2, 0) is 17.6 Å². The molecule has 0 atom stereocenters. The summed E-state index contributed by atoms with van der Waals surface area (Å²) in [6.07, 6.45) is 0.173. The topological polar surface area (TPSA) is 61.3 Å². The van der Waals surface area contributed by atoms with Crippen molar-refractivity contribution < 1.29 is 17.9 Å². The Bertz CT molecular complexity index is 279. The second-order valence-electron chi connectivity index (χ2n) is 2.97. The van der Waals surface area contributed by atoms with E-state index in [1.165, 1.54) is 0 Å². The number of ether oxygens (including phenoxy) is 1. The third-order valence-corrected chi connectivity index (χ3v) is 1.70. The van der Waals surface area contributed by atoms with Gasteiger partial charge < -0.3 is 14.9 Å². The van der Waals surface area contributed by atoms with Gasteiger partial charge in [0, 0.05) is 19.4 Å². The molecule has 1 aromatic rings. The van der Waals surface area contributed by atoms with E-state index in [0.717, 1.165) is 0 Å². The first kappa shape index (κ1) is 12.1. The molecule has 0 aliphatic carbocycles. The van der Waals surface area contributed by atoms with Gasteiger partial charge in [0.2, 0.25) is 0 Å². The maximum absolute atomic E-state index is 11.7. The van der Waals surface area contributed by atoms with Crippen molar-refractivity contribution in [2.45, 2.75) is 19.3 Å². The molecule has 0 saturated heterocycles. The van der Waals surface area contributed by atoms with Crippen LogP contribution in [0.1, 0.15) is 11.7 Å². The lowest BCUT2D eigenvalue weighted by Gasteiger charge is -2.00. The Labute approximate surface area is 86.4 Å². The number of aromatic nitrogens is 1. The highest BCUT2D eigenvalue weighted by molar-refractivity contribution is 4.94. The van der Waals surface area contributed by atoms with Crippen LogP contribution in [0.15, 0.2) is 10.6 Å². The van der Waals surface area contributed by atoms with Crippen molar-refractivity contribution in [3.05, 3.63) is 17.8 Å². The molecule has 0 unspecified atom stereocenters. The Morgan fingerprint density at radius 2 is 2.27 bits per heavy atom. The summed E-state index contributed by atoms with van der Waals surface area (Å²) in [5.74, 6) is 1.20. The average Bonchev–Trinajstić information content (AvgIpc) is 2.61. The molecule has 0 radical (unpaired) electrons. The first-order valence-corrected chi connectivity index (χ1v) is 4.72. The second kappa shape index (κ2) is 6.47. The van der Waals surface area contributed by atoms with Gasteiger partial charge >= 0.3 is 0 Å². The highest BCUT2D eigenvalue weighted by Gasteiger charge is 2.05. The first-order chi connectivity index (χ1) is 7.22. The summed E-state index contributed by atoms with van der Waals surface area (Å²) in [5.41, 5.74) is 5.32. The number of hydrogen-bond acceptors (Lipinski definition) is 4. The molecule has 15 heavy (non-hydrogen) atoms. The lowest BCUT2D eigenvalue weighted by atomic mass is 10.4. The highest BCUT2D eigenvalue weighted by Crippen LogP contribution is 2.05. The summed E-state index contributed by atoms with van der Waals surface area (Å²) in [6.45, 7) is 0.146. The largest absolute Gasteiger partial charge is 0.446 e. The molecule has 0 aliphatic heterocycles. The Hall–Kier alpha value is -1.01. The normalized spacial score (nSPS) is 11.2. The van der Waals surface area contributed by atoms with E-state index in [1.54, 1.807) is 6.20 Å². The summed E-state index contributed by atoms with van der Waals surface area (Å²) in [6, 6.07) is 0. The van der Waals surface area contributed by atoms with Gasteiger partial charge in [0.25, 0.3) is 6.43 Å². The minimum atomic E-state index is -2.42. The molecule has 1 heterocycles. The molecule has 6 heteroatoms. The zero-order chi connectivity index (χ0) is 11.1. The van der Waals surface area contributed by atoms with Gasteiger partial charge in [0.1, 0.15) is 12.4 Å². The van der Waals surface area contributed by atoms with E-state index in [-0.39, 0.29) is 6.61 Å². The van der Waals surface area contributed by atoms with Crippen LogP contribution in [0.3, 0.4) is 0 Å². The van der Waals surface area contributed by atoms with Gasteiger partial charge in [0.15, 0.2) is 5.89 Å². The molecule has 1 rings (SSSR count). The Morgan fingerprint density at radius 1 is 1.47 bits per heavy atom. The maximum atomic E-state index is 11.7. The van der Waals surface area contributed by atoms with Crippen LogP contribution in [0.4, 0.5) is 8.78 Å². The van der Waals surface area contributed by atoms with Crippen LogP contribution in [0.2, 0.25) is 0 Å². The zero-order valence-electron chi connectivity index (χ0n) is 8.29. The summed E-state index contributed by atoms with van der Waals surface area (Å²) in [4.78, 5) is 3.97. The maximum Gasteiger partial charge on any atom is 0.261 e. The van der Waals surface area contributed by atoms with E-state index in [9.17, 15) is 8.78 Å².